The molecule has 0 spiro atoms. The number of hydrogen-bond acceptors (Lipinski definition) is 8. The Kier molecular flexibility index (Phi) is 5.43. The highest BCUT2D eigenvalue weighted by Crippen LogP contribution is 2.52. The summed E-state index contributed by atoms with van der Waals surface area (Å²) >= 11 is 2.76. The summed E-state index contributed by atoms with van der Waals surface area (Å²) in [5, 5.41) is 17.7. The molecule has 2 aromatic heterocycles. The van der Waals surface area contributed by atoms with Crippen LogP contribution in [0.15, 0.2) is 86.2 Å². The lowest BCUT2D eigenvalue weighted by molar-refractivity contribution is -0.384. The minimum Gasteiger partial charge on any atom is -0.452 e. The molecule has 0 unspecified atom stereocenters. The highest BCUT2D eigenvalue weighted by molar-refractivity contribution is 8.01. The van der Waals surface area contributed by atoms with E-state index in [0.717, 1.165) is 48.6 Å². The molecule has 0 amide bonds. The minimum absolute atomic E-state index is 0.0452. The van der Waals surface area contributed by atoms with Gasteiger partial charge in [0.05, 0.1) is 15.1 Å². The zero-order valence-electron chi connectivity index (χ0n) is 21.2. The molecular weight excluding hydrogens is 530 g/mol. The summed E-state index contributed by atoms with van der Waals surface area (Å²) in [4.78, 5) is 29.0. The summed E-state index contributed by atoms with van der Waals surface area (Å²) in [5.41, 5.74) is 4.64. The van der Waals surface area contributed by atoms with E-state index in [1.54, 1.807) is 12.1 Å². The summed E-state index contributed by atoms with van der Waals surface area (Å²) < 4.78 is 7.79. The van der Waals surface area contributed by atoms with Gasteiger partial charge in [-0.2, -0.15) is 0 Å². The maximum atomic E-state index is 13.6. The van der Waals surface area contributed by atoms with Crippen molar-refractivity contribution in [2.24, 2.45) is 5.41 Å². The number of allylic oxidation sites excluding steroid dienone is 1. The first-order chi connectivity index (χ1) is 18.8. The summed E-state index contributed by atoms with van der Waals surface area (Å²) in [6.07, 6.45) is 1.30. The average Bonchev–Trinajstić information content (AvgIpc) is 3.53. The second-order valence-corrected chi connectivity index (χ2v) is 13.0. The summed E-state index contributed by atoms with van der Waals surface area (Å²) in [6.45, 7) is 4.32. The predicted octanol–water partition coefficient (Wildman–Crippen LogP) is 8.41. The quantitative estimate of drug-likeness (QED) is 0.176. The lowest BCUT2D eigenvalue weighted by Gasteiger charge is -2.39. The number of hydrogen-bond donors (Lipinski definition) is 1. The predicted molar refractivity (Wildman–Crippen MR) is 154 cm³/mol. The lowest BCUT2D eigenvalue weighted by Crippen LogP contribution is -2.33. The van der Waals surface area contributed by atoms with Crippen LogP contribution in [0.4, 0.5) is 11.4 Å². The molecule has 1 atom stereocenters. The minimum atomic E-state index is -0.403. The van der Waals surface area contributed by atoms with Crippen LogP contribution < -0.4 is 5.32 Å². The average molecular weight is 554 g/mol. The fourth-order valence-electron chi connectivity index (χ4n) is 5.73. The van der Waals surface area contributed by atoms with Crippen molar-refractivity contribution in [3.05, 3.63) is 93.7 Å². The molecule has 0 radical (unpaired) electrons. The number of nitro groups is 1. The molecule has 1 N–H and O–H groups in total. The number of carbonyl (C=O) groups is 1. The Bertz CT molecular complexity index is 1870. The zero-order chi connectivity index (χ0) is 26.9. The second-order valence-electron chi connectivity index (χ2n) is 10.8. The highest BCUT2D eigenvalue weighted by atomic mass is 32.2. The maximum absolute atomic E-state index is 13.6. The molecular formula is C30H23N3O4S2. The number of anilines is 1. The molecule has 0 bridgehead atoms. The van der Waals surface area contributed by atoms with Gasteiger partial charge >= 0.3 is 0 Å². The van der Waals surface area contributed by atoms with Gasteiger partial charge in [0.1, 0.15) is 11.8 Å². The van der Waals surface area contributed by atoms with Crippen LogP contribution in [0.5, 0.6) is 0 Å². The van der Waals surface area contributed by atoms with E-state index < -0.39 is 4.92 Å². The topological polar surface area (TPSA) is 98.3 Å². The van der Waals surface area contributed by atoms with Gasteiger partial charge in [-0.05, 0) is 64.2 Å². The number of nitrogens with zero attached hydrogens (tertiary/aromatic N) is 2. The second kappa shape index (κ2) is 8.79. The number of nitrogens with one attached hydrogen (secondary N) is 1. The Morgan fingerprint density at radius 3 is 2.79 bits per heavy atom. The van der Waals surface area contributed by atoms with Crippen molar-refractivity contribution in [2.75, 3.05) is 5.32 Å². The first-order valence-corrected chi connectivity index (χ1v) is 14.3. The number of Topliss-reactive ketones (excluding diaryl/α,β-unsaturated/α-hetero) is 1. The summed E-state index contributed by atoms with van der Waals surface area (Å²) in [6, 6.07) is 20.6. The molecule has 1 aliphatic carbocycles. The molecule has 2 aliphatic rings. The van der Waals surface area contributed by atoms with E-state index in [1.807, 2.05) is 24.3 Å². The first-order valence-electron chi connectivity index (χ1n) is 12.6. The molecule has 194 valence electrons. The fourth-order valence-corrected chi connectivity index (χ4v) is 7.73. The Labute approximate surface area is 232 Å². The Morgan fingerprint density at radius 1 is 1.10 bits per heavy atom. The van der Waals surface area contributed by atoms with Gasteiger partial charge in [0.25, 0.3) is 5.69 Å². The van der Waals surface area contributed by atoms with E-state index in [9.17, 15) is 14.9 Å². The van der Waals surface area contributed by atoms with Crippen molar-refractivity contribution in [2.45, 2.75) is 42.2 Å². The summed E-state index contributed by atoms with van der Waals surface area (Å²) in [5.74, 6) is 0.823. The van der Waals surface area contributed by atoms with Crippen LogP contribution in [0.3, 0.4) is 0 Å². The van der Waals surface area contributed by atoms with Crippen molar-refractivity contribution in [1.29, 1.82) is 0 Å². The van der Waals surface area contributed by atoms with E-state index in [-0.39, 0.29) is 22.9 Å². The maximum Gasteiger partial charge on any atom is 0.270 e. The molecule has 0 fully saturated rings. The van der Waals surface area contributed by atoms with Gasteiger partial charge in [0, 0.05) is 35.4 Å². The van der Waals surface area contributed by atoms with Crippen molar-refractivity contribution in [3.63, 3.8) is 0 Å². The molecule has 0 saturated carbocycles. The van der Waals surface area contributed by atoms with Crippen molar-refractivity contribution in [3.8, 4) is 0 Å². The smallest absolute Gasteiger partial charge is 0.270 e. The summed E-state index contributed by atoms with van der Waals surface area (Å²) in [7, 11) is 0. The van der Waals surface area contributed by atoms with Gasteiger partial charge in [-0.25, -0.2) is 4.98 Å². The number of non-ortho nitro benzene ring substituents is 1. The van der Waals surface area contributed by atoms with Gasteiger partial charge in [0.15, 0.2) is 15.2 Å². The van der Waals surface area contributed by atoms with Gasteiger partial charge in [0.2, 0.25) is 0 Å². The molecule has 3 aromatic carbocycles. The Hall–Kier alpha value is -3.95. The van der Waals surface area contributed by atoms with E-state index >= 15 is 0 Å². The van der Waals surface area contributed by atoms with Crippen LogP contribution >= 0.6 is 23.1 Å². The van der Waals surface area contributed by atoms with Crippen LogP contribution in [0.25, 0.3) is 26.6 Å². The van der Waals surface area contributed by atoms with Crippen molar-refractivity contribution in [1.82, 2.24) is 4.98 Å². The van der Waals surface area contributed by atoms with Crippen LogP contribution in [-0.2, 0) is 4.79 Å². The fraction of sp³-hybridized carbons (Fsp3) is 0.200. The number of fused-ring (bicyclic) bond motifs is 5. The normalized spacial score (nSPS) is 18.2. The molecule has 3 heterocycles. The van der Waals surface area contributed by atoms with E-state index in [0.29, 0.717) is 22.8 Å². The van der Waals surface area contributed by atoms with Crippen molar-refractivity contribution >= 4 is 66.8 Å². The van der Waals surface area contributed by atoms with E-state index in [4.69, 9.17) is 4.42 Å². The van der Waals surface area contributed by atoms with Crippen molar-refractivity contribution < 1.29 is 14.1 Å². The SMILES string of the molecule is CC1(C)CC(=O)C2=C(C1)c1c(ccc3ccccc13)N[C@H]2c1ccc(Sc2nc3ccc([N+](=O)[O-])cc3s2)o1. The Morgan fingerprint density at radius 2 is 1.95 bits per heavy atom. The first kappa shape index (κ1) is 24.1. The molecule has 5 aromatic rings. The monoisotopic (exact) mass is 553 g/mol. The molecule has 7 rings (SSSR count). The number of benzene rings is 3. The molecule has 39 heavy (non-hydrogen) atoms. The van der Waals surface area contributed by atoms with E-state index in [1.165, 1.54) is 29.2 Å². The van der Waals surface area contributed by atoms with Gasteiger partial charge in [-0.15, -0.1) is 11.3 Å². The zero-order valence-corrected chi connectivity index (χ0v) is 22.8. The Balaban J connectivity index is 1.27. The van der Waals surface area contributed by atoms with Gasteiger partial charge < -0.3 is 9.73 Å². The van der Waals surface area contributed by atoms with Crippen LogP contribution in [0, 0.1) is 15.5 Å². The van der Waals surface area contributed by atoms with Crippen LogP contribution in [0.2, 0.25) is 0 Å². The largest absolute Gasteiger partial charge is 0.452 e. The number of furan rings is 1. The number of nitro benzene ring substituents is 1. The van der Waals surface area contributed by atoms with Crippen LogP contribution in [0.1, 0.15) is 44.1 Å². The number of aromatic nitrogens is 1. The number of rotatable bonds is 4. The standard InChI is InChI=1S/C30H23N3O4S2/c1-30(2)14-19-26-18-6-4-3-5-16(18)7-9-21(26)31-28(27(19)22(34)15-30)23-11-12-25(37-23)39-29-32-20-10-8-17(33(35)36)13-24(20)38-29/h3-13,28,31H,14-15H2,1-2H3/t28-/m0/s1. The van der Waals surface area contributed by atoms with Crippen LogP contribution in [-0.4, -0.2) is 15.7 Å². The third-order valence-electron chi connectivity index (χ3n) is 7.38. The van der Waals surface area contributed by atoms with E-state index in [2.05, 4.69) is 48.4 Å². The number of carbonyl (C=O) groups excluding carboxylic acids is 1. The highest BCUT2D eigenvalue weighted by Gasteiger charge is 2.41. The number of thiazole rings is 1. The lowest BCUT2D eigenvalue weighted by atomic mass is 9.68. The van der Waals surface area contributed by atoms with Gasteiger partial charge in [-0.1, -0.05) is 44.2 Å². The molecule has 1 aliphatic heterocycles. The molecule has 9 heteroatoms. The molecule has 0 saturated heterocycles. The van der Waals surface area contributed by atoms with Gasteiger partial charge in [-0.3, -0.25) is 14.9 Å². The third kappa shape index (κ3) is 4.13. The number of ketones is 1. The molecule has 7 nitrogen and oxygen atoms in total. The third-order valence-corrected chi connectivity index (χ3v) is 9.38.